The summed E-state index contributed by atoms with van der Waals surface area (Å²) < 4.78 is 9.86. The van der Waals surface area contributed by atoms with Gasteiger partial charge in [-0.25, -0.2) is 0 Å². The summed E-state index contributed by atoms with van der Waals surface area (Å²) in [6.07, 6.45) is 1.06. The second-order valence-electron chi connectivity index (χ2n) is 1.69. The van der Waals surface area contributed by atoms with Crippen LogP contribution in [-0.2, 0) is 21.3 Å². The van der Waals surface area contributed by atoms with Gasteiger partial charge in [-0.05, 0) is 12.6 Å². The Bertz CT molecular complexity index is 100.0. The summed E-state index contributed by atoms with van der Waals surface area (Å²) in [4.78, 5) is 19.7. The van der Waals surface area contributed by atoms with Gasteiger partial charge in [-0.15, -0.1) is 0 Å². The normalized spacial score (nSPS) is 10.6. The fourth-order valence-electron chi connectivity index (χ4n) is 0.352. The molecule has 0 unspecified atom stereocenters. The van der Waals surface area contributed by atoms with Crippen LogP contribution in [0.1, 0.15) is 19.8 Å². The minimum absolute atomic E-state index is 0. The van der Waals surface area contributed by atoms with Crippen LogP contribution in [0, 0.1) is 0 Å². The molecule has 0 fully saturated rings. The molecule has 1 radical (unpaired) electrons. The molecule has 0 aliphatic heterocycles. The van der Waals surface area contributed by atoms with E-state index < -0.39 is 7.60 Å². The Morgan fingerprint density at radius 1 is 1.44 bits per heavy atom. The first kappa shape index (κ1) is 12.3. The van der Waals surface area contributed by atoms with Crippen molar-refractivity contribution in [2.45, 2.75) is 19.8 Å². The first-order valence-corrected chi connectivity index (χ1v) is 4.30. The summed E-state index contributed by atoms with van der Waals surface area (Å²) in [5, 5.41) is 0. The van der Waals surface area contributed by atoms with E-state index in [0.29, 0.717) is 6.42 Å². The molecule has 0 saturated carbocycles. The SMILES string of the molecule is CCCCP(=O)([O-])[O-].[Co+2]. The summed E-state index contributed by atoms with van der Waals surface area (Å²) in [5.41, 5.74) is 0. The largest absolute Gasteiger partial charge is 2.00 e. The predicted molar refractivity (Wildman–Crippen MR) is 27.4 cm³/mol. The van der Waals surface area contributed by atoms with Crippen LogP contribution in [0.4, 0.5) is 0 Å². The van der Waals surface area contributed by atoms with E-state index in [-0.39, 0.29) is 22.9 Å². The molecule has 0 spiro atoms. The summed E-state index contributed by atoms with van der Waals surface area (Å²) in [6, 6.07) is 0. The molecule has 3 nitrogen and oxygen atoms in total. The van der Waals surface area contributed by atoms with Crippen molar-refractivity contribution in [1.82, 2.24) is 0 Å². The zero-order chi connectivity index (χ0) is 6.62. The van der Waals surface area contributed by atoms with Crippen molar-refractivity contribution < 1.29 is 31.1 Å². The van der Waals surface area contributed by atoms with Crippen molar-refractivity contribution in [3.8, 4) is 0 Å². The molecule has 0 atom stereocenters. The Kier molecular flexibility index (Phi) is 7.46. The quantitative estimate of drug-likeness (QED) is 0.580. The monoisotopic (exact) mass is 195 g/mol. The minimum Gasteiger partial charge on any atom is -0.811 e. The summed E-state index contributed by atoms with van der Waals surface area (Å²) >= 11 is 0. The standard InChI is InChI=1S/C4H11O3P.Co/c1-2-3-4-8(5,6)7;/h2-4H2,1H3,(H2,5,6,7);/q;+2/p-2. The first-order valence-electron chi connectivity index (χ1n) is 2.57. The second kappa shape index (κ2) is 5.44. The molecule has 0 bridgehead atoms. The van der Waals surface area contributed by atoms with Gasteiger partial charge in [-0.3, -0.25) is 0 Å². The number of hydrogen-bond acceptors (Lipinski definition) is 3. The molecule has 9 heavy (non-hydrogen) atoms. The molecule has 0 aliphatic carbocycles. The Morgan fingerprint density at radius 2 is 1.89 bits per heavy atom. The van der Waals surface area contributed by atoms with E-state index in [2.05, 4.69) is 0 Å². The van der Waals surface area contributed by atoms with Crippen LogP contribution in [0.5, 0.6) is 0 Å². The van der Waals surface area contributed by atoms with Gasteiger partial charge in [0, 0.05) is 0 Å². The maximum absolute atomic E-state index is 9.86. The van der Waals surface area contributed by atoms with Crippen molar-refractivity contribution in [1.29, 1.82) is 0 Å². The van der Waals surface area contributed by atoms with Gasteiger partial charge in [0.05, 0.1) is 0 Å². The number of hydrogen-bond donors (Lipinski definition) is 0. The molecule has 5 heteroatoms. The van der Waals surface area contributed by atoms with Gasteiger partial charge in [0.15, 0.2) is 0 Å². The summed E-state index contributed by atoms with van der Waals surface area (Å²) in [6.45, 7) is 1.84. The number of rotatable bonds is 3. The Balaban J connectivity index is 0. The fourth-order valence-corrected chi connectivity index (χ4v) is 1.06. The molecular weight excluding hydrogens is 186 g/mol. The van der Waals surface area contributed by atoms with E-state index in [1.54, 1.807) is 0 Å². The molecule has 0 heterocycles. The minimum atomic E-state index is -4.18. The third-order valence-corrected chi connectivity index (χ3v) is 1.65. The predicted octanol–water partition coefficient (Wildman–Crippen LogP) is -0.302. The van der Waals surface area contributed by atoms with Crippen molar-refractivity contribution in [2.24, 2.45) is 0 Å². The van der Waals surface area contributed by atoms with E-state index in [1.165, 1.54) is 0 Å². The van der Waals surface area contributed by atoms with Crippen LogP contribution in [0.2, 0.25) is 0 Å². The van der Waals surface area contributed by atoms with Crippen molar-refractivity contribution in [3.05, 3.63) is 0 Å². The van der Waals surface area contributed by atoms with Gasteiger partial charge in [-0.1, -0.05) is 20.9 Å². The molecular formula is C4H9CoO3P. The van der Waals surface area contributed by atoms with E-state index in [4.69, 9.17) is 0 Å². The fraction of sp³-hybridized carbons (Fsp3) is 1.00. The van der Waals surface area contributed by atoms with Crippen LogP contribution >= 0.6 is 7.60 Å². The van der Waals surface area contributed by atoms with Crippen molar-refractivity contribution in [2.75, 3.05) is 6.16 Å². The topological polar surface area (TPSA) is 63.2 Å². The molecule has 0 saturated heterocycles. The second-order valence-corrected chi connectivity index (χ2v) is 3.36. The molecule has 57 valence electrons. The Hall–Kier alpha value is 0.656. The van der Waals surface area contributed by atoms with Crippen molar-refractivity contribution >= 4 is 7.60 Å². The Labute approximate surface area is 65.2 Å². The smallest absolute Gasteiger partial charge is 0.811 e. The van der Waals surface area contributed by atoms with Gasteiger partial charge in [0.25, 0.3) is 0 Å². The summed E-state index contributed by atoms with van der Waals surface area (Å²) in [7, 11) is -4.18. The van der Waals surface area contributed by atoms with Crippen molar-refractivity contribution in [3.63, 3.8) is 0 Å². The molecule has 0 rings (SSSR count). The third kappa shape index (κ3) is 12.0. The van der Waals surface area contributed by atoms with Crippen LogP contribution in [0.25, 0.3) is 0 Å². The molecule has 0 amide bonds. The average Bonchev–Trinajstić information content (AvgIpc) is 1.59. The van der Waals surface area contributed by atoms with Crippen LogP contribution in [0.3, 0.4) is 0 Å². The van der Waals surface area contributed by atoms with Gasteiger partial charge in [0.1, 0.15) is 0 Å². The molecule has 0 aromatic rings. The Morgan fingerprint density at radius 3 is 2.00 bits per heavy atom. The van der Waals surface area contributed by atoms with Crippen LogP contribution < -0.4 is 9.79 Å². The molecule has 0 aromatic carbocycles. The van der Waals surface area contributed by atoms with E-state index in [1.807, 2.05) is 6.92 Å². The zero-order valence-electron chi connectivity index (χ0n) is 5.13. The van der Waals surface area contributed by atoms with Gasteiger partial charge >= 0.3 is 16.8 Å². The maximum atomic E-state index is 9.86. The molecule has 0 N–H and O–H groups in total. The molecule has 0 aromatic heterocycles. The van der Waals surface area contributed by atoms with Gasteiger partial charge in [0.2, 0.25) is 0 Å². The number of unbranched alkanes of at least 4 members (excludes halogenated alkanes) is 1. The summed E-state index contributed by atoms with van der Waals surface area (Å²) in [5.74, 6) is 0. The maximum Gasteiger partial charge on any atom is 2.00 e. The van der Waals surface area contributed by atoms with Gasteiger partial charge < -0.3 is 14.4 Å². The third-order valence-electron chi connectivity index (χ3n) is 0.786. The molecule has 0 aliphatic rings. The van der Waals surface area contributed by atoms with Crippen LogP contribution in [-0.4, -0.2) is 6.16 Å². The first-order chi connectivity index (χ1) is 3.56. The average molecular weight is 195 g/mol. The van der Waals surface area contributed by atoms with E-state index >= 15 is 0 Å². The van der Waals surface area contributed by atoms with Gasteiger partial charge in [-0.2, -0.15) is 0 Å². The zero-order valence-corrected chi connectivity index (χ0v) is 7.06. The van der Waals surface area contributed by atoms with E-state index in [9.17, 15) is 14.4 Å². The van der Waals surface area contributed by atoms with Crippen LogP contribution in [0.15, 0.2) is 0 Å². The van der Waals surface area contributed by atoms with E-state index in [0.717, 1.165) is 6.42 Å².